The van der Waals surface area contributed by atoms with Gasteiger partial charge in [-0.3, -0.25) is 0 Å². The molecule has 4 nitrogen and oxygen atoms in total. The van der Waals surface area contributed by atoms with E-state index in [2.05, 4.69) is 96.8 Å². The fourth-order valence-electron chi connectivity index (χ4n) is 8.73. The van der Waals surface area contributed by atoms with Gasteiger partial charge in [-0.1, -0.05) is 24.3 Å². The Balaban J connectivity index is 0.000000147. The lowest BCUT2D eigenvalue weighted by atomic mass is 9.35. The molecule has 2 atom stereocenters. The number of nitrogens with zero attached hydrogens (tertiary/aromatic N) is 2. The lowest BCUT2D eigenvalue weighted by molar-refractivity contribution is -0.754. The summed E-state index contributed by atoms with van der Waals surface area (Å²) in [5.41, 5.74) is 11.9. The van der Waals surface area contributed by atoms with Crippen molar-refractivity contribution in [1.82, 2.24) is 8.96 Å². The van der Waals surface area contributed by atoms with Crippen LogP contribution >= 0.6 is 56.7 Å². The predicted molar refractivity (Wildman–Crippen MR) is 215 cm³/mol. The molecule has 11 rings (SSSR count). The predicted octanol–water partition coefficient (Wildman–Crippen LogP) is 6.73. The second kappa shape index (κ2) is 12.3. The maximum absolute atomic E-state index is 14.5. The standard InChI is InChI=1S/C25H19BN2S4.C13H11BF2N2S/c1-3-22-25(24-4-2-11-32-24)23-6-5-21(18-7-12-29-15-18)28(23)26(27(22)10-1,19-8-13-30-16-19)20-9-14-31-17-20;15-14(16)17-7-1-4-10(17)13(12-6-3-9-19-12)11-5-2-8-18(11)14/h1-9,11-17,27H,10H2;1-7,9,18H,8H2. The summed E-state index contributed by atoms with van der Waals surface area (Å²) < 4.78 is 32.9. The number of quaternary nitrogens is 2. The molecule has 7 aromatic rings. The number of rotatable bonds is 5. The smallest absolute Gasteiger partial charge is 0.462 e. The quantitative estimate of drug-likeness (QED) is 0.182. The van der Waals surface area contributed by atoms with Gasteiger partial charge in [-0.15, -0.1) is 33.6 Å². The minimum atomic E-state index is -3.64. The Morgan fingerprint density at radius 1 is 0.588 bits per heavy atom. The van der Waals surface area contributed by atoms with Crippen molar-refractivity contribution in [2.45, 2.75) is 0 Å². The average molecular weight is 763 g/mol. The van der Waals surface area contributed by atoms with Crippen LogP contribution < -0.4 is 20.5 Å². The molecule has 2 unspecified atom stereocenters. The Hall–Kier alpha value is -4.07. The molecule has 0 bridgehead atoms. The Bertz CT molecular complexity index is 2430. The van der Waals surface area contributed by atoms with Crippen LogP contribution in [0.5, 0.6) is 0 Å². The Morgan fingerprint density at radius 2 is 1.20 bits per heavy atom. The first-order valence-corrected chi connectivity index (χ1v) is 21.4. The third-order valence-corrected chi connectivity index (χ3v) is 14.6. The number of allylic oxidation sites excluding steroid dienone is 2. The van der Waals surface area contributed by atoms with Crippen molar-refractivity contribution < 1.29 is 18.3 Å². The van der Waals surface area contributed by atoms with Gasteiger partial charge in [0.05, 0.1) is 29.9 Å². The van der Waals surface area contributed by atoms with Gasteiger partial charge in [-0.2, -0.15) is 34.0 Å². The van der Waals surface area contributed by atoms with Crippen LogP contribution in [0.15, 0.2) is 152 Å². The van der Waals surface area contributed by atoms with Gasteiger partial charge < -0.3 is 27.2 Å². The fourth-order valence-corrected chi connectivity index (χ4v) is 12.5. The molecule has 0 amide bonds. The topological polar surface area (TPSA) is 18.7 Å². The van der Waals surface area contributed by atoms with Crippen molar-refractivity contribution in [2.24, 2.45) is 0 Å². The van der Waals surface area contributed by atoms with Crippen molar-refractivity contribution >= 4 is 92.1 Å². The largest absolute Gasteiger partial charge is 0.663 e. The zero-order chi connectivity index (χ0) is 34.2. The molecular formula is C38H30B2F2N4S5. The van der Waals surface area contributed by atoms with E-state index in [0.717, 1.165) is 27.2 Å². The summed E-state index contributed by atoms with van der Waals surface area (Å²) >= 11 is 8.80. The zero-order valence-electron chi connectivity index (χ0n) is 27.1. The van der Waals surface area contributed by atoms with Crippen LogP contribution in [0.25, 0.3) is 22.4 Å². The van der Waals surface area contributed by atoms with E-state index in [9.17, 15) is 8.63 Å². The van der Waals surface area contributed by atoms with Crippen molar-refractivity contribution in [1.29, 1.82) is 0 Å². The molecule has 2 N–H and O–H groups in total. The van der Waals surface area contributed by atoms with Crippen LogP contribution in [-0.4, -0.2) is 35.4 Å². The number of fused-ring (bicyclic) bond motifs is 4. The lowest BCUT2D eigenvalue weighted by Crippen LogP contribution is -3.26. The summed E-state index contributed by atoms with van der Waals surface area (Å²) in [5.74, 6) is 0. The normalized spacial score (nSPS) is 20.6. The van der Waals surface area contributed by atoms with Gasteiger partial charge in [-0.25, -0.2) is 0 Å². The molecule has 11 heterocycles. The molecule has 0 aromatic carbocycles. The molecule has 0 spiro atoms. The van der Waals surface area contributed by atoms with E-state index >= 15 is 0 Å². The summed E-state index contributed by atoms with van der Waals surface area (Å²) in [6, 6.07) is 23.5. The molecule has 252 valence electrons. The first-order chi connectivity index (χ1) is 25.1. The highest BCUT2D eigenvalue weighted by Crippen LogP contribution is 2.39. The Labute approximate surface area is 314 Å². The number of halogens is 2. The molecule has 0 saturated carbocycles. The van der Waals surface area contributed by atoms with Crippen molar-refractivity contribution in [2.75, 3.05) is 13.1 Å². The molecular weight excluding hydrogens is 732 g/mol. The van der Waals surface area contributed by atoms with Gasteiger partial charge in [0.25, 0.3) is 0 Å². The monoisotopic (exact) mass is 762 g/mol. The first-order valence-electron chi connectivity index (χ1n) is 16.9. The van der Waals surface area contributed by atoms with Gasteiger partial charge in [0.1, 0.15) is 5.70 Å². The summed E-state index contributed by atoms with van der Waals surface area (Å²) in [5, 5.41) is 17.9. The average Bonchev–Trinajstić information content (AvgIpc) is 3.98. The van der Waals surface area contributed by atoms with Gasteiger partial charge in [0, 0.05) is 32.4 Å². The zero-order valence-corrected chi connectivity index (χ0v) is 31.2. The molecule has 4 aliphatic rings. The summed E-state index contributed by atoms with van der Waals surface area (Å²) in [4.78, 5) is 4.21. The summed E-state index contributed by atoms with van der Waals surface area (Å²) in [6.45, 7) is -2.29. The van der Waals surface area contributed by atoms with E-state index in [1.165, 1.54) is 50.2 Å². The lowest BCUT2D eigenvalue weighted by Gasteiger charge is -2.51. The van der Waals surface area contributed by atoms with Crippen LogP contribution in [0, 0.1) is 0 Å². The van der Waals surface area contributed by atoms with E-state index in [4.69, 9.17) is 0 Å². The van der Waals surface area contributed by atoms with E-state index in [-0.39, 0.29) is 4.81 Å². The second-order valence-corrected chi connectivity index (χ2v) is 17.4. The van der Waals surface area contributed by atoms with Crippen LogP contribution in [0.2, 0.25) is 0 Å². The maximum atomic E-state index is 14.5. The van der Waals surface area contributed by atoms with Gasteiger partial charge in [-0.05, 0) is 116 Å². The molecule has 0 fully saturated rings. The highest BCUT2D eigenvalue weighted by atomic mass is 32.1. The van der Waals surface area contributed by atoms with E-state index < -0.39 is 13.4 Å². The van der Waals surface area contributed by atoms with Gasteiger partial charge in [0.2, 0.25) is 0 Å². The van der Waals surface area contributed by atoms with Crippen molar-refractivity contribution in [3.63, 3.8) is 0 Å². The molecule has 0 radical (unpaired) electrons. The number of nitrogens with one attached hydrogen (secondary N) is 2. The van der Waals surface area contributed by atoms with E-state index in [1.807, 2.05) is 41.0 Å². The Morgan fingerprint density at radius 3 is 1.80 bits per heavy atom. The highest BCUT2D eigenvalue weighted by molar-refractivity contribution is 7.13. The Kier molecular flexibility index (Phi) is 7.61. The molecule has 13 heteroatoms. The van der Waals surface area contributed by atoms with Crippen LogP contribution in [0.1, 0.15) is 21.1 Å². The highest BCUT2D eigenvalue weighted by Gasteiger charge is 2.52. The van der Waals surface area contributed by atoms with Crippen LogP contribution in [0.4, 0.5) is 8.63 Å². The molecule has 0 aliphatic carbocycles. The number of thiophene rings is 5. The van der Waals surface area contributed by atoms with E-state index in [0.29, 0.717) is 12.2 Å². The number of hydrogen-bond acceptors (Lipinski definition) is 5. The molecule has 0 saturated heterocycles. The molecule has 7 aromatic heterocycles. The molecule has 4 aliphatic heterocycles. The number of hydrogen-bond donors (Lipinski definition) is 2. The minimum absolute atomic E-state index is 0.270. The van der Waals surface area contributed by atoms with Gasteiger partial charge >= 0.3 is 13.4 Å². The number of aromatic nitrogens is 2. The maximum Gasteiger partial charge on any atom is 0.663 e. The fraction of sp³-hybridized carbons (Fsp3) is 0.0526. The summed E-state index contributed by atoms with van der Waals surface area (Å²) in [6.07, 6.45) is 8.63. The van der Waals surface area contributed by atoms with Gasteiger partial charge in [0.15, 0.2) is 0 Å². The van der Waals surface area contributed by atoms with Crippen molar-refractivity contribution in [3.8, 4) is 11.3 Å². The minimum Gasteiger partial charge on any atom is -0.462 e. The second-order valence-electron chi connectivity index (χ2n) is 13.1. The van der Waals surface area contributed by atoms with Crippen molar-refractivity contribution in [3.05, 3.63) is 173 Å². The first kappa shape index (κ1) is 31.6. The summed E-state index contributed by atoms with van der Waals surface area (Å²) in [7, 11) is 0. The third-order valence-electron chi connectivity index (χ3n) is 10.7. The van der Waals surface area contributed by atoms with E-state index in [1.54, 1.807) is 62.3 Å². The van der Waals surface area contributed by atoms with Crippen LogP contribution in [0.3, 0.4) is 0 Å². The van der Waals surface area contributed by atoms with Crippen LogP contribution in [-0.2, 0) is 0 Å². The third kappa shape index (κ3) is 4.66. The molecule has 51 heavy (non-hydrogen) atoms. The SMILES string of the molecule is C1=CC2=C(c3cccs3)c3ccc(-c4ccsc4)n3[B-](c3ccsc3)(c3ccsc3)[NH+]2C1.F[B-]1(F)n2cccc2C(c2cccs2)=C2C=CC[NH+]21.